The molecule has 0 bridgehead atoms. The molecule has 0 aliphatic rings. The molecule has 0 aromatic rings. The Morgan fingerprint density at radius 1 is 1.50 bits per heavy atom. The summed E-state index contributed by atoms with van der Waals surface area (Å²) in [6.07, 6.45) is 3.07. The van der Waals surface area contributed by atoms with Gasteiger partial charge in [0.1, 0.15) is 9.91 Å². The maximum Gasteiger partial charge on any atom is 0.315 e. The van der Waals surface area contributed by atoms with E-state index in [4.69, 9.17) is 33.4 Å². The van der Waals surface area contributed by atoms with Crippen LogP contribution in [0.15, 0.2) is 10.6 Å². The van der Waals surface area contributed by atoms with Crippen molar-refractivity contribution in [2.24, 2.45) is 5.41 Å². The first-order chi connectivity index (χ1) is 6.48. The minimum atomic E-state index is -1.34. The lowest BCUT2D eigenvalue weighted by atomic mass is 9.84. The molecule has 5 heteroatoms. The number of halogens is 2. The lowest BCUT2D eigenvalue weighted by Crippen LogP contribution is -2.33. The van der Waals surface area contributed by atoms with Gasteiger partial charge in [-0.15, -0.1) is 0 Å². The number of aliphatic hydroxyl groups is 1. The van der Waals surface area contributed by atoms with Crippen molar-refractivity contribution in [3.05, 3.63) is 10.6 Å². The highest BCUT2D eigenvalue weighted by molar-refractivity contribution is 6.56. The zero-order valence-electron chi connectivity index (χ0n) is 7.96. The molecule has 1 unspecified atom stereocenters. The molecular formula is C9H14Cl2O3. The van der Waals surface area contributed by atoms with E-state index in [0.717, 1.165) is 6.42 Å². The summed E-state index contributed by atoms with van der Waals surface area (Å²) < 4.78 is -0.127. The number of hydrogen-bond donors (Lipinski definition) is 2. The van der Waals surface area contributed by atoms with E-state index in [1.165, 1.54) is 6.08 Å². The monoisotopic (exact) mass is 240 g/mol. The van der Waals surface area contributed by atoms with Crippen molar-refractivity contribution in [1.82, 2.24) is 0 Å². The standard InChI is InChI=1S/C9H14Cl2O3/c1-2-3-4-9(6-12,8(13)14)5-7(10)11/h5,12H,2-4,6H2,1H3,(H,13,14). The van der Waals surface area contributed by atoms with Gasteiger partial charge in [-0.3, -0.25) is 4.79 Å². The van der Waals surface area contributed by atoms with Crippen molar-refractivity contribution >= 4 is 29.2 Å². The third-order valence-electron chi connectivity index (χ3n) is 2.07. The first kappa shape index (κ1) is 13.8. The highest BCUT2D eigenvalue weighted by Crippen LogP contribution is 2.30. The summed E-state index contributed by atoms with van der Waals surface area (Å²) in [7, 11) is 0. The van der Waals surface area contributed by atoms with Crippen molar-refractivity contribution in [2.45, 2.75) is 26.2 Å². The fourth-order valence-electron chi connectivity index (χ4n) is 1.13. The van der Waals surface area contributed by atoms with E-state index in [9.17, 15) is 4.79 Å². The van der Waals surface area contributed by atoms with Crippen LogP contribution in [0, 0.1) is 5.41 Å². The Hall–Kier alpha value is -0.250. The van der Waals surface area contributed by atoms with Crippen LogP contribution in [0.25, 0.3) is 0 Å². The summed E-state index contributed by atoms with van der Waals surface area (Å²) in [6, 6.07) is 0. The molecule has 1 atom stereocenters. The Morgan fingerprint density at radius 2 is 2.07 bits per heavy atom. The predicted octanol–water partition coefficient (Wildman–Crippen LogP) is 2.56. The summed E-state index contributed by atoms with van der Waals surface area (Å²) in [6.45, 7) is 1.45. The molecule has 0 saturated heterocycles. The van der Waals surface area contributed by atoms with Crippen LogP contribution >= 0.6 is 23.2 Å². The number of rotatable bonds is 6. The molecule has 0 rings (SSSR count). The molecule has 0 amide bonds. The smallest absolute Gasteiger partial charge is 0.315 e. The van der Waals surface area contributed by atoms with E-state index in [-0.39, 0.29) is 4.49 Å². The lowest BCUT2D eigenvalue weighted by Gasteiger charge is -2.23. The lowest BCUT2D eigenvalue weighted by molar-refractivity contribution is -0.148. The molecule has 0 fully saturated rings. The fraction of sp³-hybridized carbons (Fsp3) is 0.667. The molecule has 14 heavy (non-hydrogen) atoms. The molecule has 0 aliphatic heterocycles. The second-order valence-electron chi connectivity index (χ2n) is 3.16. The van der Waals surface area contributed by atoms with Crippen LogP contribution in [0.2, 0.25) is 0 Å². The van der Waals surface area contributed by atoms with Crippen LogP contribution in [0.5, 0.6) is 0 Å². The molecule has 82 valence electrons. The maximum atomic E-state index is 11.0. The van der Waals surface area contributed by atoms with Crippen LogP contribution in [0.4, 0.5) is 0 Å². The number of unbranched alkanes of at least 4 members (excludes halogenated alkanes) is 1. The normalized spacial score (nSPS) is 14.6. The first-order valence-corrected chi connectivity index (χ1v) is 5.12. The van der Waals surface area contributed by atoms with Gasteiger partial charge in [-0.25, -0.2) is 0 Å². The Labute approximate surface area is 93.3 Å². The number of aliphatic carboxylic acids is 1. The van der Waals surface area contributed by atoms with Gasteiger partial charge < -0.3 is 10.2 Å². The van der Waals surface area contributed by atoms with E-state index in [1.807, 2.05) is 6.92 Å². The number of aliphatic hydroxyl groups excluding tert-OH is 1. The zero-order chi connectivity index (χ0) is 11.2. The largest absolute Gasteiger partial charge is 0.481 e. The van der Waals surface area contributed by atoms with Crippen LogP contribution in [0.1, 0.15) is 26.2 Å². The number of hydrogen-bond acceptors (Lipinski definition) is 2. The summed E-state index contributed by atoms with van der Waals surface area (Å²) in [4.78, 5) is 11.0. The summed E-state index contributed by atoms with van der Waals surface area (Å²) in [5, 5.41) is 18.1. The van der Waals surface area contributed by atoms with Gasteiger partial charge in [0.05, 0.1) is 6.61 Å². The van der Waals surface area contributed by atoms with Crippen LogP contribution in [-0.4, -0.2) is 22.8 Å². The van der Waals surface area contributed by atoms with Gasteiger partial charge in [0.25, 0.3) is 0 Å². The van der Waals surface area contributed by atoms with Crippen molar-refractivity contribution in [3.63, 3.8) is 0 Å². The Kier molecular flexibility index (Phi) is 6.16. The molecular weight excluding hydrogens is 227 g/mol. The third-order valence-corrected chi connectivity index (χ3v) is 2.29. The molecule has 0 radical (unpaired) electrons. The Morgan fingerprint density at radius 3 is 2.36 bits per heavy atom. The van der Waals surface area contributed by atoms with Crippen molar-refractivity contribution < 1.29 is 15.0 Å². The summed E-state index contributed by atoms with van der Waals surface area (Å²) >= 11 is 10.8. The van der Waals surface area contributed by atoms with Gasteiger partial charge in [0.2, 0.25) is 0 Å². The van der Waals surface area contributed by atoms with E-state index in [1.54, 1.807) is 0 Å². The summed E-state index contributed by atoms with van der Waals surface area (Å²) in [5.74, 6) is -1.10. The molecule has 0 aromatic heterocycles. The van der Waals surface area contributed by atoms with E-state index < -0.39 is 18.0 Å². The van der Waals surface area contributed by atoms with Gasteiger partial charge in [0, 0.05) is 0 Å². The molecule has 0 saturated carbocycles. The van der Waals surface area contributed by atoms with E-state index in [0.29, 0.717) is 12.8 Å². The Bertz CT molecular complexity index is 224. The van der Waals surface area contributed by atoms with Gasteiger partial charge >= 0.3 is 5.97 Å². The van der Waals surface area contributed by atoms with Gasteiger partial charge in [-0.05, 0) is 12.5 Å². The average molecular weight is 241 g/mol. The summed E-state index contributed by atoms with van der Waals surface area (Å²) in [5.41, 5.74) is -1.34. The second kappa shape index (κ2) is 6.27. The fourth-order valence-corrected chi connectivity index (χ4v) is 1.55. The maximum absolute atomic E-state index is 11.0. The molecule has 0 heterocycles. The Balaban J connectivity index is 4.79. The van der Waals surface area contributed by atoms with Crippen LogP contribution in [0.3, 0.4) is 0 Å². The van der Waals surface area contributed by atoms with Crippen LogP contribution < -0.4 is 0 Å². The third kappa shape index (κ3) is 3.86. The van der Waals surface area contributed by atoms with Gasteiger partial charge in [-0.1, -0.05) is 43.0 Å². The van der Waals surface area contributed by atoms with Crippen molar-refractivity contribution in [1.29, 1.82) is 0 Å². The second-order valence-corrected chi connectivity index (χ2v) is 4.16. The van der Waals surface area contributed by atoms with E-state index in [2.05, 4.69) is 0 Å². The minimum absolute atomic E-state index is 0.127. The number of carboxylic acids is 1. The van der Waals surface area contributed by atoms with E-state index >= 15 is 0 Å². The number of carbonyl (C=O) groups is 1. The van der Waals surface area contributed by atoms with Crippen LogP contribution in [-0.2, 0) is 4.79 Å². The molecule has 3 nitrogen and oxygen atoms in total. The SMILES string of the molecule is CCCCC(C=C(Cl)Cl)(CO)C(=O)O. The quantitative estimate of drug-likeness (QED) is 0.751. The van der Waals surface area contributed by atoms with Crippen molar-refractivity contribution in [2.75, 3.05) is 6.61 Å². The minimum Gasteiger partial charge on any atom is -0.481 e. The highest BCUT2D eigenvalue weighted by Gasteiger charge is 2.35. The predicted molar refractivity (Wildman–Crippen MR) is 56.5 cm³/mol. The molecule has 2 N–H and O–H groups in total. The van der Waals surface area contributed by atoms with Gasteiger partial charge in [-0.2, -0.15) is 0 Å². The molecule has 0 aliphatic carbocycles. The molecule has 0 spiro atoms. The topological polar surface area (TPSA) is 57.5 Å². The first-order valence-electron chi connectivity index (χ1n) is 4.36. The zero-order valence-corrected chi connectivity index (χ0v) is 9.48. The van der Waals surface area contributed by atoms with Crippen molar-refractivity contribution in [3.8, 4) is 0 Å². The molecule has 0 aromatic carbocycles. The average Bonchev–Trinajstić information content (AvgIpc) is 2.11. The van der Waals surface area contributed by atoms with Gasteiger partial charge in [0.15, 0.2) is 0 Å². The number of carboxylic acid groups (broad SMARTS) is 1. The highest BCUT2D eigenvalue weighted by atomic mass is 35.5.